The van der Waals surface area contributed by atoms with E-state index in [4.69, 9.17) is 4.74 Å². The molecule has 0 amide bonds. The lowest BCUT2D eigenvalue weighted by molar-refractivity contribution is -0.152. The van der Waals surface area contributed by atoms with Crippen LogP contribution in [0.4, 0.5) is 0 Å². The molecule has 7 nitrogen and oxygen atoms in total. The van der Waals surface area contributed by atoms with E-state index < -0.39 is 25.5 Å². The number of carbonyl (C=O) groups excluding carboxylic acids is 1. The Morgan fingerprint density at radius 3 is 2.15 bits per heavy atom. The van der Waals surface area contributed by atoms with Crippen molar-refractivity contribution in [2.24, 2.45) is 11.8 Å². The first-order valence-corrected chi connectivity index (χ1v) is 20.9. The van der Waals surface area contributed by atoms with E-state index in [0.29, 0.717) is 23.6 Å². The Labute approximate surface area is 275 Å². The maximum absolute atomic E-state index is 14.6. The fourth-order valence-corrected chi connectivity index (χ4v) is 9.99. The number of fused-ring (bicyclic) bond motifs is 1. The van der Waals surface area contributed by atoms with Crippen molar-refractivity contribution in [2.45, 2.75) is 122 Å². The summed E-state index contributed by atoms with van der Waals surface area (Å²) in [4.78, 5) is 43.0. The summed E-state index contributed by atoms with van der Waals surface area (Å²) in [7, 11) is -2.31. The molecule has 1 aromatic heterocycles. The van der Waals surface area contributed by atoms with Crippen LogP contribution < -0.4 is 11.4 Å². The first-order chi connectivity index (χ1) is 21.9. The van der Waals surface area contributed by atoms with Crippen molar-refractivity contribution in [3.63, 3.8) is 0 Å². The van der Waals surface area contributed by atoms with Crippen LogP contribution in [0.2, 0.25) is 19.6 Å². The number of ether oxygens (including phenoxy) is 1. The van der Waals surface area contributed by atoms with E-state index in [-0.39, 0.29) is 29.1 Å². The molecule has 1 fully saturated rings. The van der Waals surface area contributed by atoms with Gasteiger partial charge in [-0.2, -0.15) is 0 Å². The van der Waals surface area contributed by atoms with E-state index in [1.54, 1.807) is 21.5 Å². The van der Waals surface area contributed by atoms with Gasteiger partial charge >= 0.3 is 17.3 Å². The summed E-state index contributed by atoms with van der Waals surface area (Å²) >= 11 is 0. The van der Waals surface area contributed by atoms with Crippen molar-refractivity contribution in [1.82, 2.24) is 13.9 Å². The number of rotatable bonds is 11. The Morgan fingerprint density at radius 1 is 0.891 bits per heavy atom. The number of benzene rings is 2. The van der Waals surface area contributed by atoms with Crippen molar-refractivity contribution >= 4 is 14.0 Å². The van der Waals surface area contributed by atoms with Crippen LogP contribution in [0.1, 0.15) is 96.3 Å². The van der Waals surface area contributed by atoms with Crippen molar-refractivity contribution in [3.8, 4) is 5.69 Å². The number of para-hydroxylation sites is 1. The quantitative estimate of drug-likeness (QED) is 0.121. The van der Waals surface area contributed by atoms with Gasteiger partial charge in [-0.15, -0.1) is 0 Å². The molecule has 1 saturated carbocycles. The standard InChI is InChI=1S/C38H53N3O4Si/c1-8-9-10-15-22-30-26-31(34(46(5,6)7)41-37(44)39(36(43)40(30)41)29-20-16-12-17-21-29)35(42)45-33-25-27(2)23-24-32(33)38(3,4)28-18-13-11-14-19-28/h11-14,16-21,26-27,30,32-34H,8-10,15,22-25H2,1-7H3/t27?,30-,32?,33?,34+/m1/s1. The fraction of sp³-hybridized carbons (Fsp3) is 0.553. The van der Waals surface area contributed by atoms with Gasteiger partial charge in [0, 0.05) is 5.92 Å². The molecule has 8 heteroatoms. The van der Waals surface area contributed by atoms with Crippen LogP contribution in [0.25, 0.3) is 5.69 Å². The number of hydrogen-bond acceptors (Lipinski definition) is 4. The van der Waals surface area contributed by atoms with Gasteiger partial charge in [0.1, 0.15) is 6.10 Å². The molecule has 0 N–H and O–H groups in total. The van der Waals surface area contributed by atoms with Gasteiger partial charge in [-0.25, -0.2) is 28.3 Å². The maximum Gasteiger partial charge on any atom is 0.352 e. The van der Waals surface area contributed by atoms with Gasteiger partial charge in [-0.3, -0.25) is 0 Å². The van der Waals surface area contributed by atoms with Gasteiger partial charge in [0.25, 0.3) is 0 Å². The van der Waals surface area contributed by atoms with Gasteiger partial charge in [0.2, 0.25) is 0 Å². The first kappa shape index (κ1) is 34.0. The normalized spacial score (nSPS) is 23.5. The average Bonchev–Trinajstić information content (AvgIpc) is 3.28. The van der Waals surface area contributed by atoms with Crippen LogP contribution in [0.15, 0.2) is 81.9 Å². The molecule has 0 bridgehead atoms. The number of carbonyl (C=O) groups is 1. The van der Waals surface area contributed by atoms with E-state index in [9.17, 15) is 14.4 Å². The van der Waals surface area contributed by atoms with E-state index >= 15 is 0 Å². The molecule has 1 aliphatic heterocycles. The number of allylic oxidation sites excluding steroid dienone is 1. The minimum Gasteiger partial charge on any atom is -0.459 e. The molecule has 0 radical (unpaired) electrons. The number of unbranched alkanes of at least 4 members (excludes halogenated alkanes) is 3. The second kappa shape index (κ2) is 13.8. The zero-order chi connectivity index (χ0) is 33.2. The molecule has 2 aromatic carbocycles. The Kier molecular flexibility index (Phi) is 10.2. The summed E-state index contributed by atoms with van der Waals surface area (Å²) in [5, 5.41) is 0. The molecule has 0 spiro atoms. The van der Waals surface area contributed by atoms with Gasteiger partial charge in [0.15, 0.2) is 0 Å². The fourth-order valence-electron chi connectivity index (χ4n) is 7.88. The minimum atomic E-state index is -2.31. The molecule has 1 aliphatic carbocycles. The SMILES string of the molecule is CCCCCC[C@@H]1C=C(C(=O)OC2CC(C)CCC2C(C)(C)c2ccccc2)[C@H]([Si](C)(C)C)n2c(=O)n(-c3ccccc3)c(=O)n21. The van der Waals surface area contributed by atoms with E-state index in [2.05, 4.69) is 71.6 Å². The smallest absolute Gasteiger partial charge is 0.352 e. The Hall–Kier alpha value is -3.39. The van der Waals surface area contributed by atoms with Crippen molar-refractivity contribution in [2.75, 3.05) is 0 Å². The van der Waals surface area contributed by atoms with Gasteiger partial charge in [0.05, 0.1) is 31.0 Å². The van der Waals surface area contributed by atoms with E-state index in [1.165, 1.54) is 10.1 Å². The monoisotopic (exact) mass is 643 g/mol. The minimum absolute atomic E-state index is 0.162. The van der Waals surface area contributed by atoms with Gasteiger partial charge in [-0.05, 0) is 54.4 Å². The molecule has 3 aromatic rings. The molecule has 2 heterocycles. The van der Waals surface area contributed by atoms with Crippen LogP contribution in [0.3, 0.4) is 0 Å². The van der Waals surface area contributed by atoms with Crippen LogP contribution in [0, 0.1) is 11.8 Å². The Bertz CT molecular complexity index is 1640. The summed E-state index contributed by atoms with van der Waals surface area (Å²) in [6.45, 7) is 15.4. The highest BCUT2D eigenvalue weighted by atomic mass is 28.3. The summed E-state index contributed by atoms with van der Waals surface area (Å²) in [6.07, 6.45) is 9.46. The maximum atomic E-state index is 14.6. The Morgan fingerprint density at radius 2 is 1.52 bits per heavy atom. The molecule has 46 heavy (non-hydrogen) atoms. The van der Waals surface area contributed by atoms with Crippen LogP contribution >= 0.6 is 0 Å². The molecule has 248 valence electrons. The highest BCUT2D eigenvalue weighted by molar-refractivity contribution is 6.77. The van der Waals surface area contributed by atoms with Crippen molar-refractivity contribution in [3.05, 3.63) is 98.8 Å². The lowest BCUT2D eigenvalue weighted by atomic mass is 9.64. The molecular weight excluding hydrogens is 591 g/mol. The summed E-state index contributed by atoms with van der Waals surface area (Å²) < 4.78 is 11.2. The van der Waals surface area contributed by atoms with E-state index in [0.717, 1.165) is 44.9 Å². The lowest BCUT2D eigenvalue weighted by Crippen LogP contribution is -2.50. The first-order valence-electron chi connectivity index (χ1n) is 17.4. The molecule has 5 atom stereocenters. The lowest BCUT2D eigenvalue weighted by Gasteiger charge is -2.44. The Balaban J connectivity index is 1.57. The van der Waals surface area contributed by atoms with Crippen LogP contribution in [-0.2, 0) is 14.9 Å². The zero-order valence-electron chi connectivity index (χ0n) is 28.9. The summed E-state index contributed by atoms with van der Waals surface area (Å²) in [5.74, 6) is 0.277. The van der Waals surface area contributed by atoms with Gasteiger partial charge in [-0.1, -0.05) is 128 Å². The predicted molar refractivity (Wildman–Crippen MR) is 188 cm³/mol. The second-order valence-corrected chi connectivity index (χ2v) is 20.6. The van der Waals surface area contributed by atoms with E-state index in [1.807, 2.05) is 30.3 Å². The molecular formula is C38H53N3O4Si. The molecule has 5 rings (SSSR count). The van der Waals surface area contributed by atoms with Crippen molar-refractivity contribution in [1.29, 1.82) is 0 Å². The molecule has 2 aliphatic rings. The van der Waals surface area contributed by atoms with Gasteiger partial charge < -0.3 is 4.74 Å². The highest BCUT2D eigenvalue weighted by Crippen LogP contribution is 2.45. The summed E-state index contributed by atoms with van der Waals surface area (Å²) in [5.41, 5.74) is 0.872. The highest BCUT2D eigenvalue weighted by Gasteiger charge is 2.46. The molecule has 0 saturated heterocycles. The second-order valence-electron chi connectivity index (χ2n) is 15.3. The topological polar surface area (TPSA) is 75.2 Å². The predicted octanol–water partition coefficient (Wildman–Crippen LogP) is 8.00. The third kappa shape index (κ3) is 6.69. The van der Waals surface area contributed by atoms with Crippen LogP contribution in [0.5, 0.6) is 0 Å². The number of aromatic nitrogens is 3. The third-order valence-corrected chi connectivity index (χ3v) is 12.6. The third-order valence-electron chi connectivity index (χ3n) is 10.4. The zero-order valence-corrected chi connectivity index (χ0v) is 29.9. The van der Waals surface area contributed by atoms with Crippen molar-refractivity contribution < 1.29 is 9.53 Å². The number of nitrogens with zero attached hydrogens (tertiary/aromatic N) is 3. The largest absolute Gasteiger partial charge is 0.459 e. The average molecular weight is 644 g/mol. The summed E-state index contributed by atoms with van der Waals surface area (Å²) in [6, 6.07) is 19.3. The molecule has 3 unspecified atom stereocenters. The number of esters is 1. The van der Waals surface area contributed by atoms with Crippen LogP contribution in [-0.4, -0.2) is 34.1 Å². The number of hydrogen-bond donors (Lipinski definition) is 0.